The fourth-order valence-electron chi connectivity index (χ4n) is 3.76. The largest absolute Gasteiger partial charge is 0.350 e. The maximum Gasteiger partial charge on any atom is 0.247 e. The Hall–Kier alpha value is -2.78. The smallest absolute Gasteiger partial charge is 0.247 e. The van der Waals surface area contributed by atoms with E-state index in [4.69, 9.17) is 0 Å². The van der Waals surface area contributed by atoms with E-state index < -0.39 is 27.4 Å². The van der Waals surface area contributed by atoms with Gasteiger partial charge < -0.3 is 10.2 Å². The fourth-order valence-corrected chi connectivity index (χ4v) is 5.27. The lowest BCUT2D eigenvalue weighted by Gasteiger charge is -2.46. The zero-order chi connectivity index (χ0) is 23.4. The second-order valence-electron chi connectivity index (χ2n) is 8.07. The van der Waals surface area contributed by atoms with Crippen LogP contribution in [0.3, 0.4) is 0 Å². The van der Waals surface area contributed by atoms with Gasteiger partial charge in [0, 0.05) is 19.6 Å². The quantitative estimate of drug-likeness (QED) is 0.655. The van der Waals surface area contributed by atoms with Crippen molar-refractivity contribution in [3.8, 4) is 0 Å². The van der Waals surface area contributed by atoms with E-state index in [1.165, 1.54) is 29.2 Å². The van der Waals surface area contributed by atoms with E-state index in [0.29, 0.717) is 18.5 Å². The van der Waals surface area contributed by atoms with Crippen LogP contribution >= 0.6 is 0 Å². The van der Waals surface area contributed by atoms with Crippen molar-refractivity contribution in [3.05, 3.63) is 66.0 Å². The van der Waals surface area contributed by atoms with Crippen LogP contribution in [0.25, 0.3) is 0 Å². The molecule has 1 N–H and O–H groups in total. The van der Waals surface area contributed by atoms with Crippen LogP contribution in [0.15, 0.2) is 59.5 Å². The zero-order valence-corrected chi connectivity index (χ0v) is 19.1. The molecule has 0 bridgehead atoms. The molecular formula is C23H28FN3O4S. The van der Waals surface area contributed by atoms with Gasteiger partial charge in [0.1, 0.15) is 11.4 Å². The summed E-state index contributed by atoms with van der Waals surface area (Å²) in [5, 5.41) is 2.79. The third-order valence-electron chi connectivity index (χ3n) is 5.66. The number of benzene rings is 2. The molecule has 32 heavy (non-hydrogen) atoms. The van der Waals surface area contributed by atoms with Gasteiger partial charge in [0.2, 0.25) is 21.8 Å². The lowest BCUT2D eigenvalue weighted by Crippen LogP contribution is -2.69. The van der Waals surface area contributed by atoms with E-state index in [0.717, 1.165) is 10.7 Å². The van der Waals surface area contributed by atoms with Crippen LogP contribution in [-0.2, 0) is 26.2 Å². The Labute approximate surface area is 188 Å². The number of carbonyl (C=O) groups excluding carboxylic acids is 2. The van der Waals surface area contributed by atoms with Gasteiger partial charge in [0.25, 0.3) is 0 Å². The predicted molar refractivity (Wildman–Crippen MR) is 118 cm³/mol. The number of unbranched alkanes of at least 4 members (excludes halogenated alkanes) is 1. The number of halogens is 1. The Balaban J connectivity index is 1.87. The molecule has 2 amide bonds. The Morgan fingerprint density at radius 1 is 1.12 bits per heavy atom. The first kappa shape index (κ1) is 23.9. The van der Waals surface area contributed by atoms with Crippen LogP contribution in [0.5, 0.6) is 0 Å². The highest BCUT2D eigenvalue weighted by Crippen LogP contribution is 2.28. The van der Waals surface area contributed by atoms with Crippen molar-refractivity contribution in [2.45, 2.75) is 43.7 Å². The van der Waals surface area contributed by atoms with Crippen LogP contribution in [0.4, 0.5) is 4.39 Å². The van der Waals surface area contributed by atoms with Crippen molar-refractivity contribution >= 4 is 21.8 Å². The number of nitrogens with one attached hydrogen (secondary N) is 1. The van der Waals surface area contributed by atoms with E-state index in [1.807, 2.05) is 6.92 Å². The molecule has 1 unspecified atom stereocenters. The average molecular weight is 462 g/mol. The summed E-state index contributed by atoms with van der Waals surface area (Å²) in [7, 11) is -3.95. The van der Waals surface area contributed by atoms with Crippen molar-refractivity contribution in [1.82, 2.24) is 14.5 Å². The number of hydrogen-bond acceptors (Lipinski definition) is 4. The van der Waals surface area contributed by atoms with Crippen LogP contribution in [0.1, 0.15) is 32.3 Å². The van der Waals surface area contributed by atoms with Crippen LogP contribution in [-0.4, -0.2) is 54.6 Å². The highest BCUT2D eigenvalue weighted by molar-refractivity contribution is 7.89. The van der Waals surface area contributed by atoms with Crippen molar-refractivity contribution in [3.63, 3.8) is 0 Å². The summed E-state index contributed by atoms with van der Waals surface area (Å²) in [5.41, 5.74) is -0.689. The minimum Gasteiger partial charge on any atom is -0.350 e. The molecule has 1 fully saturated rings. The van der Waals surface area contributed by atoms with Gasteiger partial charge in [-0.25, -0.2) is 12.8 Å². The van der Waals surface area contributed by atoms with E-state index in [-0.39, 0.29) is 30.3 Å². The Morgan fingerprint density at radius 3 is 2.41 bits per heavy atom. The van der Waals surface area contributed by atoms with Gasteiger partial charge in [-0.05, 0) is 43.2 Å². The van der Waals surface area contributed by atoms with Crippen LogP contribution in [0, 0.1) is 5.82 Å². The Kier molecular flexibility index (Phi) is 7.30. The summed E-state index contributed by atoms with van der Waals surface area (Å²) in [6, 6.07) is 13.6. The number of rotatable bonds is 8. The monoisotopic (exact) mass is 461 g/mol. The second-order valence-corrected chi connectivity index (χ2v) is 10.0. The molecule has 0 aromatic heterocycles. The van der Waals surface area contributed by atoms with Gasteiger partial charge in [-0.15, -0.1) is 0 Å². The lowest BCUT2D eigenvalue weighted by molar-refractivity contribution is -0.152. The van der Waals surface area contributed by atoms with E-state index >= 15 is 0 Å². The molecule has 9 heteroatoms. The molecule has 2 aromatic rings. The number of nitrogens with zero attached hydrogens (tertiary/aromatic N) is 2. The van der Waals surface area contributed by atoms with Crippen molar-refractivity contribution in [2.24, 2.45) is 0 Å². The molecule has 2 aromatic carbocycles. The third kappa shape index (κ3) is 4.99. The van der Waals surface area contributed by atoms with Gasteiger partial charge in [-0.2, -0.15) is 4.31 Å². The molecule has 1 aliphatic heterocycles. The maximum absolute atomic E-state index is 13.3. The van der Waals surface area contributed by atoms with Crippen LogP contribution in [0.2, 0.25) is 0 Å². The fraction of sp³-hybridized carbons (Fsp3) is 0.391. The topological polar surface area (TPSA) is 86.8 Å². The normalized spacial score (nSPS) is 19.7. The molecule has 0 spiro atoms. The standard InChI is InChI=1S/C23H28FN3O4S/c1-3-4-14-27-21(28)16-26(32(30,31)20-8-6-5-7-9-20)17-23(27,2)22(29)25-15-18-10-12-19(24)13-11-18/h5-13H,3-4,14-17H2,1-2H3,(H,25,29). The van der Waals surface area contributed by atoms with E-state index in [1.54, 1.807) is 37.3 Å². The zero-order valence-electron chi connectivity index (χ0n) is 18.3. The number of carbonyl (C=O) groups is 2. The molecular weight excluding hydrogens is 433 g/mol. The first-order valence-corrected chi connectivity index (χ1v) is 12.0. The molecule has 0 radical (unpaired) electrons. The first-order valence-electron chi connectivity index (χ1n) is 10.6. The van der Waals surface area contributed by atoms with Crippen molar-refractivity contribution in [1.29, 1.82) is 0 Å². The van der Waals surface area contributed by atoms with Gasteiger partial charge in [-0.1, -0.05) is 43.7 Å². The number of sulfonamides is 1. The van der Waals surface area contributed by atoms with Gasteiger partial charge in [0.15, 0.2) is 0 Å². The molecule has 1 atom stereocenters. The number of amides is 2. The molecule has 1 saturated heterocycles. The first-order chi connectivity index (χ1) is 15.2. The van der Waals surface area contributed by atoms with Crippen molar-refractivity contribution in [2.75, 3.05) is 19.6 Å². The van der Waals surface area contributed by atoms with Crippen molar-refractivity contribution < 1.29 is 22.4 Å². The Bertz CT molecular complexity index is 1060. The highest BCUT2D eigenvalue weighted by atomic mass is 32.2. The molecule has 3 rings (SSSR count). The summed E-state index contributed by atoms with van der Waals surface area (Å²) in [6.45, 7) is 3.58. The summed E-state index contributed by atoms with van der Waals surface area (Å²) < 4.78 is 40.6. The average Bonchev–Trinajstić information content (AvgIpc) is 2.78. The minimum absolute atomic E-state index is 0.0730. The summed E-state index contributed by atoms with van der Waals surface area (Å²) in [6.07, 6.45) is 1.51. The molecule has 1 heterocycles. The van der Waals surface area contributed by atoms with Gasteiger partial charge >= 0.3 is 0 Å². The summed E-state index contributed by atoms with van der Waals surface area (Å²) in [4.78, 5) is 27.9. The summed E-state index contributed by atoms with van der Waals surface area (Å²) in [5.74, 6) is -1.25. The Morgan fingerprint density at radius 2 is 1.78 bits per heavy atom. The lowest BCUT2D eigenvalue weighted by atomic mass is 9.95. The van der Waals surface area contributed by atoms with Gasteiger partial charge in [-0.3, -0.25) is 9.59 Å². The van der Waals surface area contributed by atoms with E-state index in [2.05, 4.69) is 5.32 Å². The molecule has 7 nitrogen and oxygen atoms in total. The molecule has 172 valence electrons. The highest BCUT2D eigenvalue weighted by Gasteiger charge is 2.50. The third-order valence-corrected chi connectivity index (χ3v) is 7.47. The molecule has 1 aliphatic rings. The number of hydrogen-bond donors (Lipinski definition) is 1. The minimum atomic E-state index is -3.95. The van der Waals surface area contributed by atoms with E-state index in [9.17, 15) is 22.4 Å². The summed E-state index contributed by atoms with van der Waals surface area (Å²) >= 11 is 0. The maximum atomic E-state index is 13.3. The molecule has 0 saturated carbocycles. The second kappa shape index (κ2) is 9.79. The van der Waals surface area contributed by atoms with Crippen LogP contribution < -0.4 is 5.32 Å². The van der Waals surface area contributed by atoms with Gasteiger partial charge in [0.05, 0.1) is 11.4 Å². The SMILES string of the molecule is CCCCN1C(=O)CN(S(=O)(=O)c2ccccc2)CC1(C)C(=O)NCc1ccc(F)cc1. The number of piperazine rings is 1. The molecule has 0 aliphatic carbocycles. The predicted octanol–water partition coefficient (Wildman–Crippen LogP) is 2.53.